The molecule has 116 valence electrons. The van der Waals surface area contributed by atoms with Gasteiger partial charge in [0.1, 0.15) is 0 Å². The van der Waals surface area contributed by atoms with Crippen LogP contribution in [0.3, 0.4) is 0 Å². The number of hydrogen-bond donors (Lipinski definition) is 1. The highest BCUT2D eigenvalue weighted by atomic mass is 79.9. The maximum atomic E-state index is 12.6. The number of nitrogens with one attached hydrogen (secondary N) is 1. The fourth-order valence-electron chi connectivity index (χ4n) is 2.62. The number of carbonyl (C=O) groups is 2. The van der Waals surface area contributed by atoms with Gasteiger partial charge in [0, 0.05) is 40.7 Å². The quantitative estimate of drug-likeness (QED) is 0.705. The fourth-order valence-corrected chi connectivity index (χ4v) is 2.98. The number of hydrogen-bond acceptors (Lipinski definition) is 2. The van der Waals surface area contributed by atoms with Crippen LogP contribution in [0.2, 0.25) is 0 Å². The monoisotopic (exact) mass is 370 g/mol. The van der Waals surface area contributed by atoms with Gasteiger partial charge in [-0.1, -0.05) is 40.2 Å². The summed E-state index contributed by atoms with van der Waals surface area (Å²) in [5.74, 6) is -0.167. The summed E-state index contributed by atoms with van der Waals surface area (Å²) in [6.07, 6.45) is 2.62. The summed E-state index contributed by atoms with van der Waals surface area (Å²) in [7, 11) is 1.74. The smallest absolute Gasteiger partial charge is 0.254 e. The van der Waals surface area contributed by atoms with Crippen LogP contribution in [-0.2, 0) is 6.54 Å². The molecule has 0 aliphatic carbocycles. The van der Waals surface area contributed by atoms with Crippen molar-refractivity contribution in [1.29, 1.82) is 0 Å². The minimum atomic E-state index is -0.167. The normalized spacial score (nSPS) is 10.7. The molecule has 0 fully saturated rings. The topological polar surface area (TPSA) is 53.2 Å². The first-order valence-corrected chi connectivity index (χ1v) is 7.94. The number of carbonyl (C=O) groups excluding carboxylic acids is 2. The van der Waals surface area contributed by atoms with Gasteiger partial charge in [0.2, 0.25) is 0 Å². The average molecular weight is 371 g/mol. The molecule has 0 saturated heterocycles. The Bertz CT molecular complexity index is 886. The van der Waals surface area contributed by atoms with Gasteiger partial charge in [0.05, 0.1) is 5.56 Å². The Morgan fingerprint density at radius 1 is 1.26 bits per heavy atom. The second-order valence-electron chi connectivity index (χ2n) is 5.37. The molecule has 5 heteroatoms. The molecule has 3 aromatic rings. The summed E-state index contributed by atoms with van der Waals surface area (Å²) in [5.41, 5.74) is 2.88. The largest absolute Gasteiger partial charge is 0.361 e. The third kappa shape index (κ3) is 3.05. The van der Waals surface area contributed by atoms with E-state index in [9.17, 15) is 9.59 Å². The van der Waals surface area contributed by atoms with Gasteiger partial charge in [0.25, 0.3) is 5.91 Å². The van der Waals surface area contributed by atoms with Gasteiger partial charge in [0.15, 0.2) is 6.29 Å². The van der Waals surface area contributed by atoms with Gasteiger partial charge in [-0.25, -0.2) is 0 Å². The molecule has 0 spiro atoms. The van der Waals surface area contributed by atoms with Gasteiger partial charge in [-0.2, -0.15) is 0 Å². The van der Waals surface area contributed by atoms with Crippen LogP contribution in [0, 0.1) is 0 Å². The van der Waals surface area contributed by atoms with E-state index in [1.54, 1.807) is 36.2 Å². The zero-order chi connectivity index (χ0) is 16.4. The molecule has 1 heterocycles. The second-order valence-corrected chi connectivity index (χ2v) is 6.29. The number of H-pyrrole nitrogens is 1. The molecule has 0 radical (unpaired) electrons. The molecule has 23 heavy (non-hydrogen) atoms. The van der Waals surface area contributed by atoms with E-state index in [4.69, 9.17) is 0 Å². The van der Waals surface area contributed by atoms with Crippen molar-refractivity contribution in [3.63, 3.8) is 0 Å². The van der Waals surface area contributed by atoms with E-state index >= 15 is 0 Å². The number of nitrogens with zero attached hydrogens (tertiary/aromatic N) is 1. The van der Waals surface area contributed by atoms with Crippen LogP contribution in [0.1, 0.15) is 26.3 Å². The SMILES string of the molecule is CN(Cc1c[nH]c2cc(Br)ccc12)C(=O)c1ccccc1C=O. The van der Waals surface area contributed by atoms with Crippen LogP contribution >= 0.6 is 15.9 Å². The molecule has 0 unspecified atom stereocenters. The predicted molar refractivity (Wildman–Crippen MR) is 93.6 cm³/mol. The number of aromatic nitrogens is 1. The molecule has 1 N–H and O–H groups in total. The summed E-state index contributed by atoms with van der Waals surface area (Å²) < 4.78 is 1.00. The molecule has 0 saturated carbocycles. The van der Waals surface area contributed by atoms with Crippen molar-refractivity contribution in [3.05, 3.63) is 69.8 Å². The summed E-state index contributed by atoms with van der Waals surface area (Å²) in [5, 5.41) is 1.08. The maximum absolute atomic E-state index is 12.6. The number of halogens is 1. The summed E-state index contributed by atoms with van der Waals surface area (Å²) in [4.78, 5) is 28.5. The van der Waals surface area contributed by atoms with E-state index < -0.39 is 0 Å². The number of fused-ring (bicyclic) bond motifs is 1. The van der Waals surface area contributed by atoms with E-state index in [1.807, 2.05) is 24.4 Å². The van der Waals surface area contributed by atoms with E-state index in [2.05, 4.69) is 20.9 Å². The van der Waals surface area contributed by atoms with Crippen LogP contribution in [0.5, 0.6) is 0 Å². The Kier molecular flexibility index (Phi) is 4.30. The van der Waals surface area contributed by atoms with Crippen LogP contribution in [0.4, 0.5) is 0 Å². The van der Waals surface area contributed by atoms with Crippen molar-refractivity contribution in [3.8, 4) is 0 Å². The predicted octanol–water partition coefficient (Wildman–Crippen LogP) is 4.02. The van der Waals surface area contributed by atoms with Crippen LogP contribution in [-0.4, -0.2) is 29.1 Å². The third-order valence-electron chi connectivity index (χ3n) is 3.80. The Morgan fingerprint density at radius 2 is 2.04 bits per heavy atom. The summed E-state index contributed by atoms with van der Waals surface area (Å²) in [6.45, 7) is 0.466. The lowest BCUT2D eigenvalue weighted by atomic mass is 10.1. The number of amides is 1. The molecule has 2 aromatic carbocycles. The minimum absolute atomic E-state index is 0.167. The highest BCUT2D eigenvalue weighted by molar-refractivity contribution is 9.10. The molecule has 0 atom stereocenters. The molecule has 3 rings (SSSR count). The lowest BCUT2D eigenvalue weighted by molar-refractivity contribution is 0.0782. The molecule has 0 aliphatic heterocycles. The standard InChI is InChI=1S/C18H15BrN2O2/c1-21(18(23)16-5-3-2-4-12(16)11-22)10-13-9-20-17-8-14(19)6-7-15(13)17/h2-9,11,20H,10H2,1H3. The lowest BCUT2D eigenvalue weighted by Gasteiger charge is -2.17. The first kappa shape index (κ1) is 15.5. The Balaban J connectivity index is 1.87. The van der Waals surface area contributed by atoms with Crippen molar-refractivity contribution >= 4 is 39.0 Å². The van der Waals surface area contributed by atoms with E-state index in [-0.39, 0.29) is 5.91 Å². The van der Waals surface area contributed by atoms with Crippen molar-refractivity contribution in [2.24, 2.45) is 0 Å². The Morgan fingerprint density at radius 3 is 2.83 bits per heavy atom. The van der Waals surface area contributed by atoms with Crippen molar-refractivity contribution in [1.82, 2.24) is 9.88 Å². The Labute approximate surface area is 142 Å². The zero-order valence-electron chi connectivity index (χ0n) is 12.5. The van der Waals surface area contributed by atoms with Gasteiger partial charge < -0.3 is 9.88 Å². The molecule has 1 aromatic heterocycles. The van der Waals surface area contributed by atoms with E-state index in [1.165, 1.54) is 0 Å². The number of benzene rings is 2. The highest BCUT2D eigenvalue weighted by Gasteiger charge is 2.16. The van der Waals surface area contributed by atoms with Gasteiger partial charge in [-0.3, -0.25) is 9.59 Å². The molecule has 1 amide bonds. The van der Waals surface area contributed by atoms with Crippen molar-refractivity contribution in [2.75, 3.05) is 7.05 Å². The summed E-state index contributed by atoms with van der Waals surface area (Å²) in [6, 6.07) is 12.8. The van der Waals surface area contributed by atoms with Crippen LogP contribution in [0.25, 0.3) is 10.9 Å². The van der Waals surface area contributed by atoms with Crippen molar-refractivity contribution < 1.29 is 9.59 Å². The summed E-state index contributed by atoms with van der Waals surface area (Å²) >= 11 is 3.44. The Hall–Kier alpha value is -2.40. The second kappa shape index (κ2) is 6.38. The van der Waals surface area contributed by atoms with Gasteiger partial charge in [-0.05, 0) is 23.8 Å². The molecule has 0 aliphatic rings. The van der Waals surface area contributed by atoms with E-state index in [0.29, 0.717) is 24.0 Å². The number of rotatable bonds is 4. The van der Waals surface area contributed by atoms with E-state index in [0.717, 1.165) is 20.9 Å². The third-order valence-corrected chi connectivity index (χ3v) is 4.30. The first-order valence-electron chi connectivity index (χ1n) is 7.15. The lowest BCUT2D eigenvalue weighted by Crippen LogP contribution is -2.27. The number of aldehydes is 1. The highest BCUT2D eigenvalue weighted by Crippen LogP contribution is 2.23. The molecular weight excluding hydrogens is 356 g/mol. The van der Waals surface area contributed by atoms with Crippen molar-refractivity contribution in [2.45, 2.75) is 6.54 Å². The van der Waals surface area contributed by atoms with Crippen LogP contribution < -0.4 is 0 Å². The minimum Gasteiger partial charge on any atom is -0.361 e. The fraction of sp³-hybridized carbons (Fsp3) is 0.111. The maximum Gasteiger partial charge on any atom is 0.254 e. The van der Waals surface area contributed by atoms with Gasteiger partial charge >= 0.3 is 0 Å². The number of aromatic amines is 1. The molecule has 4 nitrogen and oxygen atoms in total. The molecule has 0 bridgehead atoms. The van der Waals surface area contributed by atoms with Crippen LogP contribution in [0.15, 0.2) is 53.1 Å². The molecular formula is C18H15BrN2O2. The average Bonchev–Trinajstić information content (AvgIpc) is 2.96. The van der Waals surface area contributed by atoms with Gasteiger partial charge in [-0.15, -0.1) is 0 Å². The first-order chi connectivity index (χ1) is 11.1. The zero-order valence-corrected chi connectivity index (χ0v) is 14.1.